The number of ether oxygens (including phenoxy) is 2. The van der Waals surface area contributed by atoms with Crippen LogP contribution in [0.15, 0.2) is 39.6 Å². The molecule has 3 aromatic rings. The van der Waals surface area contributed by atoms with Gasteiger partial charge < -0.3 is 14.5 Å². The lowest BCUT2D eigenvalue weighted by Crippen LogP contribution is -2.06. The molecule has 0 saturated heterocycles. The van der Waals surface area contributed by atoms with Gasteiger partial charge in [0.15, 0.2) is 0 Å². The zero-order chi connectivity index (χ0) is 14.3. The van der Waals surface area contributed by atoms with Crippen LogP contribution in [0.3, 0.4) is 0 Å². The van der Waals surface area contributed by atoms with E-state index in [1.807, 2.05) is 12.1 Å². The third kappa shape index (κ3) is 1.94. The van der Waals surface area contributed by atoms with Crippen molar-refractivity contribution in [2.45, 2.75) is 0 Å². The van der Waals surface area contributed by atoms with Crippen molar-refractivity contribution in [3.63, 3.8) is 0 Å². The van der Waals surface area contributed by atoms with E-state index >= 15 is 0 Å². The van der Waals surface area contributed by atoms with Crippen LogP contribution in [0.1, 0.15) is 0 Å². The van der Waals surface area contributed by atoms with Gasteiger partial charge in [-0.15, -0.1) is 0 Å². The lowest BCUT2D eigenvalue weighted by Gasteiger charge is -2.09. The van der Waals surface area contributed by atoms with Crippen LogP contribution in [0.4, 0.5) is 0 Å². The van der Waals surface area contributed by atoms with Gasteiger partial charge in [-0.3, -0.25) is 4.79 Å². The lowest BCUT2D eigenvalue weighted by atomic mass is 10.1. The second kappa shape index (κ2) is 4.83. The first-order valence-corrected chi connectivity index (χ1v) is 6.80. The Bertz CT molecular complexity index is 870. The maximum atomic E-state index is 12.2. The Balaban J connectivity index is 2.53. The smallest absolute Gasteiger partial charge is 0.256 e. The maximum Gasteiger partial charge on any atom is 0.256 e. The monoisotopic (exact) mass is 333 g/mol. The molecule has 2 aromatic carbocycles. The number of halogens is 1. The van der Waals surface area contributed by atoms with E-state index in [0.717, 1.165) is 20.8 Å². The van der Waals surface area contributed by atoms with Crippen LogP contribution in [0.5, 0.6) is 11.5 Å². The van der Waals surface area contributed by atoms with Gasteiger partial charge in [0, 0.05) is 26.7 Å². The summed E-state index contributed by atoms with van der Waals surface area (Å²) in [5.41, 5.74) is 0.595. The third-order valence-corrected chi connectivity index (χ3v) is 3.91. The van der Waals surface area contributed by atoms with E-state index in [1.54, 1.807) is 32.4 Å². The van der Waals surface area contributed by atoms with Gasteiger partial charge in [-0.05, 0) is 40.2 Å². The van der Waals surface area contributed by atoms with Crippen molar-refractivity contribution < 1.29 is 9.47 Å². The molecule has 0 unspecified atom stereocenters. The molecule has 0 aliphatic rings. The number of H-pyrrole nitrogens is 1. The molecule has 5 heteroatoms. The summed E-state index contributed by atoms with van der Waals surface area (Å²) >= 11 is 3.54. The Morgan fingerprint density at radius 2 is 1.75 bits per heavy atom. The van der Waals surface area contributed by atoms with Gasteiger partial charge in [-0.25, -0.2) is 0 Å². The normalized spacial score (nSPS) is 10.9. The Labute approximate surface area is 123 Å². The predicted octanol–water partition coefficient (Wildman–Crippen LogP) is 3.46. The van der Waals surface area contributed by atoms with E-state index in [4.69, 9.17) is 9.47 Å². The molecule has 1 heterocycles. The summed E-state index contributed by atoms with van der Waals surface area (Å²) in [6.45, 7) is 0. The fraction of sp³-hybridized carbons (Fsp3) is 0.133. The lowest BCUT2D eigenvalue weighted by molar-refractivity contribution is 0.415. The molecule has 20 heavy (non-hydrogen) atoms. The zero-order valence-corrected chi connectivity index (χ0v) is 12.6. The molecule has 0 fully saturated rings. The zero-order valence-electron chi connectivity index (χ0n) is 11.0. The summed E-state index contributed by atoms with van der Waals surface area (Å²) in [6.07, 6.45) is 0. The van der Waals surface area contributed by atoms with Crippen molar-refractivity contribution in [3.8, 4) is 11.5 Å². The Hall–Kier alpha value is -2.01. The first-order valence-electron chi connectivity index (χ1n) is 6.01. The Morgan fingerprint density at radius 1 is 1.00 bits per heavy atom. The minimum Gasteiger partial charge on any atom is -0.497 e. The van der Waals surface area contributed by atoms with Crippen molar-refractivity contribution >= 4 is 37.6 Å². The van der Waals surface area contributed by atoms with E-state index in [9.17, 15) is 4.79 Å². The summed E-state index contributed by atoms with van der Waals surface area (Å²) < 4.78 is 11.3. The number of aromatic amines is 1. The first kappa shape index (κ1) is 13.0. The summed E-state index contributed by atoms with van der Waals surface area (Å²) in [6, 6.07) is 9.09. The summed E-state index contributed by atoms with van der Waals surface area (Å²) in [5, 5.41) is 2.40. The van der Waals surface area contributed by atoms with Crippen LogP contribution < -0.4 is 15.0 Å². The van der Waals surface area contributed by atoms with E-state index < -0.39 is 0 Å². The molecular weight excluding hydrogens is 322 g/mol. The molecule has 3 rings (SSSR count). The van der Waals surface area contributed by atoms with Gasteiger partial charge in [0.25, 0.3) is 5.56 Å². The third-order valence-electron chi connectivity index (χ3n) is 3.29. The topological polar surface area (TPSA) is 51.3 Å². The van der Waals surface area contributed by atoms with Gasteiger partial charge in [0.05, 0.1) is 19.7 Å². The average Bonchev–Trinajstić information content (AvgIpc) is 2.46. The molecule has 4 nitrogen and oxygen atoms in total. The second-order valence-electron chi connectivity index (χ2n) is 4.40. The van der Waals surface area contributed by atoms with E-state index in [1.165, 1.54) is 0 Å². The number of fused-ring (bicyclic) bond motifs is 3. The second-order valence-corrected chi connectivity index (χ2v) is 5.25. The van der Waals surface area contributed by atoms with Crippen LogP contribution in [-0.2, 0) is 0 Å². The van der Waals surface area contributed by atoms with Crippen molar-refractivity contribution in [3.05, 3.63) is 45.2 Å². The molecule has 0 atom stereocenters. The summed E-state index contributed by atoms with van der Waals surface area (Å²) in [4.78, 5) is 15.0. The molecule has 0 amide bonds. The molecule has 0 aliphatic carbocycles. The van der Waals surface area contributed by atoms with E-state index in [2.05, 4.69) is 20.9 Å². The Morgan fingerprint density at radius 3 is 2.45 bits per heavy atom. The van der Waals surface area contributed by atoms with Gasteiger partial charge in [-0.2, -0.15) is 0 Å². The highest BCUT2D eigenvalue weighted by atomic mass is 79.9. The fourth-order valence-corrected chi connectivity index (χ4v) is 2.97. The van der Waals surface area contributed by atoms with Crippen molar-refractivity contribution in [2.75, 3.05) is 14.2 Å². The average molecular weight is 334 g/mol. The molecule has 1 aromatic heterocycles. The van der Waals surface area contributed by atoms with Crippen molar-refractivity contribution in [2.24, 2.45) is 0 Å². The standard InChI is InChI=1S/C15H12BrNO3/c1-19-8-3-4-10-11(5-8)14-12(16)6-9(20-2)7-13(14)17-15(10)18/h3-7H,1-2H3,(H,17,18). The first-order chi connectivity index (χ1) is 9.63. The number of hydrogen-bond acceptors (Lipinski definition) is 3. The van der Waals surface area contributed by atoms with Gasteiger partial charge in [-0.1, -0.05) is 0 Å². The highest BCUT2D eigenvalue weighted by Crippen LogP contribution is 2.33. The van der Waals surface area contributed by atoms with Crippen LogP contribution in [-0.4, -0.2) is 19.2 Å². The van der Waals surface area contributed by atoms with Gasteiger partial charge in [0.2, 0.25) is 0 Å². The van der Waals surface area contributed by atoms with Gasteiger partial charge in [0.1, 0.15) is 11.5 Å². The minimum absolute atomic E-state index is 0.129. The largest absolute Gasteiger partial charge is 0.497 e. The van der Waals surface area contributed by atoms with E-state index in [-0.39, 0.29) is 5.56 Å². The highest BCUT2D eigenvalue weighted by Gasteiger charge is 2.11. The van der Waals surface area contributed by atoms with Crippen molar-refractivity contribution in [1.29, 1.82) is 0 Å². The molecule has 102 valence electrons. The predicted molar refractivity (Wildman–Crippen MR) is 82.9 cm³/mol. The number of benzene rings is 2. The minimum atomic E-state index is -0.129. The Kier molecular flexibility index (Phi) is 3.14. The molecule has 1 N–H and O–H groups in total. The number of pyridine rings is 1. The molecule has 0 saturated carbocycles. The van der Waals surface area contributed by atoms with Gasteiger partial charge >= 0.3 is 0 Å². The SMILES string of the molecule is COc1cc(Br)c2c(c1)[nH]c(=O)c1ccc(OC)cc12. The maximum absolute atomic E-state index is 12.2. The molecule has 0 radical (unpaired) electrons. The molecular formula is C15H12BrNO3. The number of aromatic nitrogens is 1. The summed E-state index contributed by atoms with van der Waals surface area (Å²) in [5.74, 6) is 1.40. The number of methoxy groups -OCH3 is 2. The van der Waals surface area contributed by atoms with Crippen molar-refractivity contribution in [1.82, 2.24) is 4.98 Å². The van der Waals surface area contributed by atoms with Crippen LogP contribution in [0.2, 0.25) is 0 Å². The molecule has 0 spiro atoms. The number of rotatable bonds is 2. The fourth-order valence-electron chi connectivity index (χ4n) is 2.32. The molecule has 0 bridgehead atoms. The van der Waals surface area contributed by atoms with Crippen LogP contribution in [0, 0.1) is 0 Å². The van der Waals surface area contributed by atoms with Crippen LogP contribution >= 0.6 is 15.9 Å². The number of nitrogens with one attached hydrogen (secondary N) is 1. The van der Waals surface area contributed by atoms with E-state index in [0.29, 0.717) is 16.9 Å². The molecule has 0 aliphatic heterocycles. The highest BCUT2D eigenvalue weighted by molar-refractivity contribution is 9.10. The van der Waals surface area contributed by atoms with Crippen LogP contribution in [0.25, 0.3) is 21.7 Å². The number of hydrogen-bond donors (Lipinski definition) is 1. The quantitative estimate of drug-likeness (QED) is 0.730. The summed E-state index contributed by atoms with van der Waals surface area (Å²) in [7, 11) is 3.20.